The van der Waals surface area contributed by atoms with Gasteiger partial charge >= 0.3 is 0 Å². The molecule has 2 aliphatic rings. The molecule has 0 saturated carbocycles. The summed E-state index contributed by atoms with van der Waals surface area (Å²) in [6.07, 6.45) is 3.25. The Morgan fingerprint density at radius 3 is 2.85 bits per heavy atom. The molecule has 0 radical (unpaired) electrons. The van der Waals surface area contributed by atoms with Gasteiger partial charge in [-0.25, -0.2) is 0 Å². The molecule has 0 aliphatic carbocycles. The minimum Gasteiger partial charge on any atom is -0.486 e. The first-order valence-corrected chi connectivity index (χ1v) is 7.54. The molecule has 2 atom stereocenters. The number of aliphatic hydroxyl groups excluding tert-OH is 1. The van der Waals surface area contributed by atoms with Crippen LogP contribution in [0.5, 0.6) is 11.5 Å². The third-order valence-electron chi connectivity index (χ3n) is 4.21. The summed E-state index contributed by atoms with van der Waals surface area (Å²) >= 11 is 0. The molecule has 0 bridgehead atoms. The Morgan fingerprint density at radius 2 is 2.05 bits per heavy atom. The largest absolute Gasteiger partial charge is 0.486 e. The molecule has 4 heteroatoms. The number of fused-ring (bicyclic) bond motifs is 1. The van der Waals surface area contributed by atoms with Crippen molar-refractivity contribution in [3.8, 4) is 11.5 Å². The fourth-order valence-electron chi connectivity index (χ4n) is 3.18. The molecule has 0 unspecified atom stereocenters. The van der Waals surface area contributed by atoms with Crippen molar-refractivity contribution in [1.29, 1.82) is 0 Å². The van der Waals surface area contributed by atoms with Gasteiger partial charge in [-0.2, -0.15) is 0 Å². The topological polar surface area (TPSA) is 41.9 Å². The van der Waals surface area contributed by atoms with Crippen molar-refractivity contribution < 1.29 is 14.6 Å². The maximum atomic E-state index is 9.93. The molecule has 0 spiro atoms. The Morgan fingerprint density at radius 1 is 1.25 bits per heavy atom. The normalized spacial score (nSPS) is 24.4. The lowest BCUT2D eigenvalue weighted by atomic mass is 9.97. The molecule has 0 amide bonds. The van der Waals surface area contributed by atoms with E-state index in [4.69, 9.17) is 9.47 Å². The van der Waals surface area contributed by atoms with Gasteiger partial charge in [-0.15, -0.1) is 0 Å². The van der Waals surface area contributed by atoms with Gasteiger partial charge < -0.3 is 14.6 Å². The summed E-state index contributed by atoms with van der Waals surface area (Å²) in [5.74, 6) is 1.69. The summed E-state index contributed by atoms with van der Waals surface area (Å²) in [4.78, 5) is 2.39. The van der Waals surface area contributed by atoms with Gasteiger partial charge in [-0.05, 0) is 44.0 Å². The molecular weight excluding hydrogens is 254 g/mol. The average Bonchev–Trinajstić information content (AvgIpc) is 2.47. The van der Waals surface area contributed by atoms with Gasteiger partial charge in [0.2, 0.25) is 0 Å². The molecule has 1 N–H and O–H groups in total. The zero-order valence-electron chi connectivity index (χ0n) is 12.0. The van der Waals surface area contributed by atoms with Crippen molar-refractivity contribution in [2.75, 3.05) is 19.8 Å². The molecule has 2 aliphatic heterocycles. The van der Waals surface area contributed by atoms with Crippen molar-refractivity contribution in [1.82, 2.24) is 4.90 Å². The number of ether oxygens (including phenoxy) is 2. The van der Waals surface area contributed by atoms with Crippen LogP contribution >= 0.6 is 0 Å². The van der Waals surface area contributed by atoms with Crippen LogP contribution in [0.3, 0.4) is 0 Å². The van der Waals surface area contributed by atoms with Gasteiger partial charge in [0.25, 0.3) is 0 Å². The number of benzene rings is 1. The van der Waals surface area contributed by atoms with Gasteiger partial charge in [0, 0.05) is 12.6 Å². The third-order valence-corrected chi connectivity index (χ3v) is 4.21. The van der Waals surface area contributed by atoms with Gasteiger partial charge in [0.15, 0.2) is 11.5 Å². The van der Waals surface area contributed by atoms with E-state index in [0.29, 0.717) is 13.2 Å². The SMILES string of the molecule is C[C@H](O)[C@H]1CCCCN1Cc1ccc2c(c1)OCCO2. The average molecular weight is 277 g/mol. The monoisotopic (exact) mass is 277 g/mol. The van der Waals surface area contributed by atoms with E-state index in [0.717, 1.165) is 31.0 Å². The summed E-state index contributed by atoms with van der Waals surface area (Å²) in [5.41, 5.74) is 1.22. The van der Waals surface area contributed by atoms with E-state index in [9.17, 15) is 5.11 Å². The second-order valence-electron chi connectivity index (χ2n) is 5.75. The highest BCUT2D eigenvalue weighted by atomic mass is 16.6. The summed E-state index contributed by atoms with van der Waals surface area (Å²) in [6.45, 7) is 5.07. The summed E-state index contributed by atoms with van der Waals surface area (Å²) in [5, 5.41) is 9.93. The predicted molar refractivity (Wildman–Crippen MR) is 77.2 cm³/mol. The van der Waals surface area contributed by atoms with Crippen LogP contribution in [0.2, 0.25) is 0 Å². The highest BCUT2D eigenvalue weighted by Gasteiger charge is 2.26. The van der Waals surface area contributed by atoms with Crippen LogP contribution in [0.1, 0.15) is 31.7 Å². The van der Waals surface area contributed by atoms with Crippen LogP contribution in [0.25, 0.3) is 0 Å². The van der Waals surface area contributed by atoms with E-state index in [1.165, 1.54) is 18.4 Å². The van der Waals surface area contributed by atoms with E-state index in [-0.39, 0.29) is 12.1 Å². The molecule has 1 fully saturated rings. The van der Waals surface area contributed by atoms with Gasteiger partial charge in [0.05, 0.1) is 6.10 Å². The molecule has 2 heterocycles. The zero-order chi connectivity index (χ0) is 13.9. The number of rotatable bonds is 3. The second-order valence-corrected chi connectivity index (χ2v) is 5.75. The first-order chi connectivity index (χ1) is 9.74. The van der Waals surface area contributed by atoms with E-state index >= 15 is 0 Å². The van der Waals surface area contributed by atoms with Gasteiger partial charge in [0.1, 0.15) is 13.2 Å². The third kappa shape index (κ3) is 2.91. The number of likely N-dealkylation sites (tertiary alicyclic amines) is 1. The molecule has 4 nitrogen and oxygen atoms in total. The second kappa shape index (κ2) is 6.02. The lowest BCUT2D eigenvalue weighted by molar-refractivity contribution is 0.0316. The van der Waals surface area contributed by atoms with Crippen LogP contribution in [0, 0.1) is 0 Å². The fourth-order valence-corrected chi connectivity index (χ4v) is 3.18. The van der Waals surface area contributed by atoms with Gasteiger partial charge in [-0.3, -0.25) is 4.90 Å². The predicted octanol–water partition coefficient (Wildman–Crippen LogP) is 2.19. The molecule has 110 valence electrons. The quantitative estimate of drug-likeness (QED) is 0.919. The number of piperidine rings is 1. The lowest BCUT2D eigenvalue weighted by Crippen LogP contribution is -2.45. The number of hydrogen-bond donors (Lipinski definition) is 1. The highest BCUT2D eigenvalue weighted by molar-refractivity contribution is 5.43. The van der Waals surface area contributed by atoms with Crippen molar-refractivity contribution in [3.05, 3.63) is 23.8 Å². The first kappa shape index (κ1) is 13.7. The van der Waals surface area contributed by atoms with Crippen molar-refractivity contribution in [3.63, 3.8) is 0 Å². The number of hydrogen-bond acceptors (Lipinski definition) is 4. The Kier molecular flexibility index (Phi) is 4.13. The molecule has 20 heavy (non-hydrogen) atoms. The van der Waals surface area contributed by atoms with Crippen molar-refractivity contribution in [2.24, 2.45) is 0 Å². The minimum absolute atomic E-state index is 0.271. The standard InChI is InChI=1S/C16H23NO3/c1-12(18)14-4-2-3-7-17(14)11-13-5-6-15-16(10-13)20-9-8-19-15/h5-6,10,12,14,18H,2-4,7-9,11H2,1H3/t12-,14+/m0/s1. The van der Waals surface area contributed by atoms with Crippen LogP contribution < -0.4 is 9.47 Å². The molecular formula is C16H23NO3. The summed E-state index contributed by atoms with van der Waals surface area (Å²) < 4.78 is 11.2. The Bertz CT molecular complexity index is 461. The molecule has 3 rings (SSSR count). The minimum atomic E-state index is -0.271. The molecule has 1 saturated heterocycles. The maximum absolute atomic E-state index is 9.93. The van der Waals surface area contributed by atoms with E-state index in [1.807, 2.05) is 13.0 Å². The lowest BCUT2D eigenvalue weighted by Gasteiger charge is -2.37. The zero-order valence-corrected chi connectivity index (χ0v) is 12.0. The Hall–Kier alpha value is -1.26. The van der Waals surface area contributed by atoms with Crippen LogP contribution in [-0.4, -0.2) is 41.9 Å². The van der Waals surface area contributed by atoms with Crippen molar-refractivity contribution >= 4 is 0 Å². The van der Waals surface area contributed by atoms with E-state index in [1.54, 1.807) is 0 Å². The number of aliphatic hydroxyl groups is 1. The van der Waals surface area contributed by atoms with E-state index < -0.39 is 0 Å². The van der Waals surface area contributed by atoms with Crippen molar-refractivity contribution in [2.45, 2.75) is 44.9 Å². The Labute approximate surface area is 120 Å². The van der Waals surface area contributed by atoms with Crippen LogP contribution in [0.15, 0.2) is 18.2 Å². The van der Waals surface area contributed by atoms with Gasteiger partial charge in [-0.1, -0.05) is 12.5 Å². The molecule has 1 aromatic carbocycles. The van der Waals surface area contributed by atoms with Crippen LogP contribution in [-0.2, 0) is 6.54 Å². The van der Waals surface area contributed by atoms with E-state index in [2.05, 4.69) is 17.0 Å². The molecule has 0 aromatic heterocycles. The highest BCUT2D eigenvalue weighted by Crippen LogP contribution is 2.32. The first-order valence-electron chi connectivity index (χ1n) is 7.54. The summed E-state index contributed by atoms with van der Waals surface area (Å²) in [7, 11) is 0. The molecule has 1 aromatic rings. The fraction of sp³-hybridized carbons (Fsp3) is 0.625. The smallest absolute Gasteiger partial charge is 0.161 e. The number of nitrogens with zero attached hydrogens (tertiary/aromatic N) is 1. The Balaban J connectivity index is 1.73. The summed E-state index contributed by atoms with van der Waals surface area (Å²) in [6, 6.07) is 6.44. The van der Waals surface area contributed by atoms with Crippen LogP contribution in [0.4, 0.5) is 0 Å². The maximum Gasteiger partial charge on any atom is 0.161 e.